The van der Waals surface area contributed by atoms with E-state index in [0.29, 0.717) is 6.10 Å². The van der Waals surface area contributed by atoms with Crippen LogP contribution in [0, 0.1) is 0 Å². The fourth-order valence-corrected chi connectivity index (χ4v) is 10.1. The van der Waals surface area contributed by atoms with Crippen molar-refractivity contribution in [1.82, 2.24) is 0 Å². The van der Waals surface area contributed by atoms with Gasteiger partial charge in [0.15, 0.2) is 14.6 Å². The van der Waals surface area contributed by atoms with Gasteiger partial charge in [0.05, 0.1) is 10.4 Å². The van der Waals surface area contributed by atoms with Gasteiger partial charge in [-0.15, -0.1) is 0 Å². The van der Waals surface area contributed by atoms with Crippen molar-refractivity contribution in [2.24, 2.45) is 0 Å². The molecule has 0 saturated carbocycles. The average Bonchev–Trinajstić information content (AvgIpc) is 2.78. The SMILES string of the molecule is CCCCC/C=C/CC[C@H]1C[C@](Br)(C[Si](C)(C)C)[C@H](O[Si](C)(C)C(C)(C)C)O1. The molecule has 1 aliphatic rings. The van der Waals surface area contributed by atoms with Crippen LogP contribution in [0.5, 0.6) is 0 Å². The van der Waals surface area contributed by atoms with E-state index < -0.39 is 16.4 Å². The minimum Gasteiger partial charge on any atom is -0.391 e. The van der Waals surface area contributed by atoms with Crippen LogP contribution in [-0.2, 0) is 9.16 Å². The Balaban J connectivity index is 2.74. The van der Waals surface area contributed by atoms with Crippen molar-refractivity contribution in [3.8, 4) is 0 Å². The summed E-state index contributed by atoms with van der Waals surface area (Å²) in [7, 11) is -3.12. The first kappa shape index (κ1) is 26.6. The van der Waals surface area contributed by atoms with Gasteiger partial charge in [-0.3, -0.25) is 0 Å². The number of allylic oxidation sites excluding steroid dienone is 2. The number of ether oxygens (including phenoxy) is 1. The molecule has 0 aromatic carbocycles. The Labute approximate surface area is 186 Å². The summed E-state index contributed by atoms with van der Waals surface area (Å²) in [5.74, 6) is 0. The zero-order chi connectivity index (χ0) is 21.6. The lowest BCUT2D eigenvalue weighted by molar-refractivity contribution is -0.0894. The van der Waals surface area contributed by atoms with Gasteiger partial charge in [-0.05, 0) is 56.3 Å². The van der Waals surface area contributed by atoms with E-state index in [9.17, 15) is 0 Å². The lowest BCUT2D eigenvalue weighted by Gasteiger charge is -2.42. The fraction of sp³-hybridized carbons (Fsp3) is 0.913. The highest BCUT2D eigenvalue weighted by molar-refractivity contribution is 9.10. The van der Waals surface area contributed by atoms with E-state index >= 15 is 0 Å². The summed E-state index contributed by atoms with van der Waals surface area (Å²) in [6.45, 7) is 21.2. The lowest BCUT2D eigenvalue weighted by atomic mass is 10.0. The van der Waals surface area contributed by atoms with Crippen molar-refractivity contribution < 1.29 is 9.16 Å². The first-order valence-corrected chi connectivity index (χ1v) is 18.8. The summed E-state index contributed by atoms with van der Waals surface area (Å²) in [5.41, 5.74) is 0. The van der Waals surface area contributed by atoms with Gasteiger partial charge in [-0.1, -0.05) is 88.3 Å². The molecule has 0 unspecified atom stereocenters. The van der Waals surface area contributed by atoms with Gasteiger partial charge in [0.2, 0.25) is 0 Å². The van der Waals surface area contributed by atoms with Crippen LogP contribution in [0.2, 0.25) is 43.8 Å². The Bertz CT molecular complexity index is 494. The van der Waals surface area contributed by atoms with Crippen LogP contribution < -0.4 is 0 Å². The highest BCUT2D eigenvalue weighted by atomic mass is 79.9. The second-order valence-corrected chi connectivity index (χ2v) is 23.3. The molecule has 0 aliphatic carbocycles. The van der Waals surface area contributed by atoms with Crippen molar-refractivity contribution in [3.05, 3.63) is 12.2 Å². The number of rotatable bonds is 11. The Morgan fingerprint density at radius 3 is 2.21 bits per heavy atom. The van der Waals surface area contributed by atoms with Crippen LogP contribution in [0.3, 0.4) is 0 Å². The average molecular weight is 492 g/mol. The molecule has 0 radical (unpaired) electrons. The van der Waals surface area contributed by atoms with Gasteiger partial charge in [0.25, 0.3) is 0 Å². The van der Waals surface area contributed by atoms with Gasteiger partial charge in [-0.2, -0.15) is 0 Å². The molecule has 0 bridgehead atoms. The van der Waals surface area contributed by atoms with Crippen LogP contribution in [0.25, 0.3) is 0 Å². The van der Waals surface area contributed by atoms with Gasteiger partial charge in [0.1, 0.15) is 0 Å². The standard InChI is InChI=1S/C23H47BrO2Si2/c1-10-11-12-13-14-15-16-17-20-18-23(24,19-27(5,6)7)21(25-20)26-28(8,9)22(2,3)4/h14-15,20-21H,10-13,16-19H2,1-9H3/b15-14+/t20-,21-,23-/m0/s1. The zero-order valence-electron chi connectivity index (χ0n) is 20.2. The summed E-state index contributed by atoms with van der Waals surface area (Å²) >= 11 is 4.15. The van der Waals surface area contributed by atoms with Crippen LogP contribution >= 0.6 is 15.9 Å². The Morgan fingerprint density at radius 1 is 1.07 bits per heavy atom. The quantitative estimate of drug-likeness (QED) is 0.125. The van der Waals surface area contributed by atoms with E-state index in [2.05, 4.69) is 88.5 Å². The molecular weight excluding hydrogens is 444 g/mol. The van der Waals surface area contributed by atoms with E-state index in [1.807, 2.05) is 0 Å². The van der Waals surface area contributed by atoms with Crippen LogP contribution in [0.4, 0.5) is 0 Å². The number of hydrogen-bond donors (Lipinski definition) is 0. The predicted octanol–water partition coefficient (Wildman–Crippen LogP) is 8.51. The molecule has 1 saturated heterocycles. The molecule has 3 atom stereocenters. The first-order valence-electron chi connectivity index (χ1n) is 11.4. The number of hydrogen-bond acceptors (Lipinski definition) is 2. The minimum atomic E-state index is -1.87. The molecule has 5 heteroatoms. The van der Waals surface area contributed by atoms with Crippen molar-refractivity contribution in [2.75, 3.05) is 0 Å². The molecule has 1 heterocycles. The third kappa shape index (κ3) is 8.75. The molecule has 0 spiro atoms. The smallest absolute Gasteiger partial charge is 0.195 e. The highest BCUT2D eigenvalue weighted by Crippen LogP contribution is 2.49. The molecule has 0 N–H and O–H groups in total. The summed E-state index contributed by atoms with van der Waals surface area (Å²) in [6.07, 6.45) is 13.3. The maximum atomic E-state index is 6.80. The van der Waals surface area contributed by atoms with Crippen LogP contribution in [0.1, 0.15) is 72.6 Å². The molecule has 0 aromatic rings. The summed E-state index contributed by atoms with van der Waals surface area (Å²) < 4.78 is 13.3. The Hall–Kier alpha value is 0.574. The van der Waals surface area contributed by atoms with E-state index in [-0.39, 0.29) is 15.7 Å². The van der Waals surface area contributed by atoms with Crippen LogP contribution in [0.15, 0.2) is 12.2 Å². The van der Waals surface area contributed by atoms with Crippen molar-refractivity contribution >= 4 is 32.3 Å². The van der Waals surface area contributed by atoms with Crippen molar-refractivity contribution in [3.63, 3.8) is 0 Å². The largest absolute Gasteiger partial charge is 0.391 e. The van der Waals surface area contributed by atoms with Gasteiger partial charge >= 0.3 is 0 Å². The van der Waals surface area contributed by atoms with Gasteiger partial charge in [-0.25, -0.2) is 0 Å². The summed E-state index contributed by atoms with van der Waals surface area (Å²) in [6, 6.07) is 1.20. The first-order chi connectivity index (χ1) is 12.7. The van der Waals surface area contributed by atoms with Crippen molar-refractivity contribution in [1.29, 1.82) is 0 Å². The zero-order valence-corrected chi connectivity index (χ0v) is 23.7. The van der Waals surface area contributed by atoms with E-state index in [1.165, 1.54) is 31.7 Å². The highest BCUT2D eigenvalue weighted by Gasteiger charge is 2.52. The van der Waals surface area contributed by atoms with Crippen molar-refractivity contribution in [2.45, 2.75) is 133 Å². The molecule has 2 nitrogen and oxygen atoms in total. The Morgan fingerprint density at radius 2 is 1.68 bits per heavy atom. The normalized spacial score (nSPS) is 27.1. The maximum Gasteiger partial charge on any atom is 0.195 e. The molecule has 1 aliphatic heterocycles. The second kappa shape index (κ2) is 10.7. The number of unbranched alkanes of at least 4 members (excludes halogenated alkanes) is 3. The monoisotopic (exact) mass is 490 g/mol. The molecule has 166 valence electrons. The molecule has 28 heavy (non-hydrogen) atoms. The topological polar surface area (TPSA) is 18.5 Å². The third-order valence-electron chi connectivity index (χ3n) is 6.13. The molecule has 1 fully saturated rings. The molecule has 1 rings (SSSR count). The molecular formula is C23H47BrO2Si2. The Kier molecular flexibility index (Phi) is 10.2. The summed E-state index contributed by atoms with van der Waals surface area (Å²) in [5, 5.41) is 0.197. The maximum absolute atomic E-state index is 6.80. The molecule has 0 amide bonds. The number of alkyl halides is 1. The second-order valence-electron chi connectivity index (χ2n) is 11.5. The van der Waals surface area contributed by atoms with Gasteiger partial charge < -0.3 is 9.16 Å². The number of halogens is 1. The lowest BCUT2D eigenvalue weighted by Crippen LogP contribution is -2.50. The predicted molar refractivity (Wildman–Crippen MR) is 134 cm³/mol. The fourth-order valence-electron chi connectivity index (χ4n) is 3.63. The third-order valence-corrected chi connectivity index (χ3v) is 13.7. The molecule has 0 aromatic heterocycles. The van der Waals surface area contributed by atoms with E-state index in [0.717, 1.165) is 19.3 Å². The van der Waals surface area contributed by atoms with Crippen LogP contribution in [-0.4, -0.2) is 33.1 Å². The minimum absolute atomic E-state index is 0.0253. The van der Waals surface area contributed by atoms with E-state index in [1.54, 1.807) is 0 Å². The van der Waals surface area contributed by atoms with E-state index in [4.69, 9.17) is 9.16 Å². The van der Waals surface area contributed by atoms with Gasteiger partial charge in [0, 0.05) is 8.07 Å². The summed E-state index contributed by atoms with van der Waals surface area (Å²) in [4.78, 5) is 0.